The number of benzene rings is 1. The quantitative estimate of drug-likeness (QED) is 0.886. The summed E-state index contributed by atoms with van der Waals surface area (Å²) in [5.41, 5.74) is 1.88. The first-order chi connectivity index (χ1) is 10.0. The summed E-state index contributed by atoms with van der Waals surface area (Å²) < 4.78 is 1.77. The van der Waals surface area contributed by atoms with Gasteiger partial charge in [0, 0.05) is 37.3 Å². The summed E-state index contributed by atoms with van der Waals surface area (Å²) in [7, 11) is 1.87. The first-order valence-electron chi connectivity index (χ1n) is 7.09. The maximum Gasteiger partial charge on any atom is 0.305 e. The molecular weight excluding hydrogens is 268 g/mol. The molecule has 112 valence electrons. The normalized spacial score (nSPS) is 10.8. The van der Waals surface area contributed by atoms with Crippen molar-refractivity contribution in [3.8, 4) is 0 Å². The molecule has 0 aliphatic carbocycles. The van der Waals surface area contributed by atoms with Crippen molar-refractivity contribution in [2.45, 2.75) is 26.3 Å². The van der Waals surface area contributed by atoms with E-state index in [1.807, 2.05) is 43.1 Å². The van der Waals surface area contributed by atoms with Gasteiger partial charge in [-0.3, -0.25) is 9.59 Å². The van der Waals surface area contributed by atoms with Gasteiger partial charge >= 0.3 is 5.97 Å². The van der Waals surface area contributed by atoms with Crippen molar-refractivity contribution >= 4 is 22.6 Å². The maximum atomic E-state index is 11.9. The maximum absolute atomic E-state index is 11.9. The second-order valence-corrected chi connectivity index (χ2v) is 5.13. The number of nitrogens with zero attached hydrogens (tertiary/aromatic N) is 2. The van der Waals surface area contributed by atoms with E-state index in [0.29, 0.717) is 13.1 Å². The average Bonchev–Trinajstić information content (AvgIpc) is 2.47. The minimum atomic E-state index is -0.806. The lowest BCUT2D eigenvalue weighted by atomic mass is 10.1. The zero-order valence-electron chi connectivity index (χ0n) is 12.4. The van der Waals surface area contributed by atoms with Crippen molar-refractivity contribution < 1.29 is 9.90 Å². The molecule has 0 fully saturated rings. The third kappa shape index (κ3) is 3.42. The predicted octanol–water partition coefficient (Wildman–Crippen LogP) is 2.32. The zero-order valence-corrected chi connectivity index (χ0v) is 12.4. The number of carbonyl (C=O) groups is 1. The van der Waals surface area contributed by atoms with Gasteiger partial charge in [0.25, 0.3) is 5.56 Å². The Morgan fingerprint density at radius 1 is 1.29 bits per heavy atom. The van der Waals surface area contributed by atoms with E-state index in [1.165, 1.54) is 0 Å². The minimum absolute atomic E-state index is 0.0105. The number of hydrogen-bond donors (Lipinski definition) is 1. The van der Waals surface area contributed by atoms with Crippen molar-refractivity contribution in [1.29, 1.82) is 0 Å². The van der Waals surface area contributed by atoms with Crippen LogP contribution in [0, 0.1) is 0 Å². The largest absolute Gasteiger partial charge is 0.481 e. The van der Waals surface area contributed by atoms with Crippen molar-refractivity contribution in [3.05, 3.63) is 40.7 Å². The Bertz CT molecular complexity index is 706. The molecule has 0 spiro atoms. The van der Waals surface area contributed by atoms with Crippen LogP contribution in [0.25, 0.3) is 10.9 Å². The lowest BCUT2D eigenvalue weighted by molar-refractivity contribution is -0.136. The number of anilines is 1. The van der Waals surface area contributed by atoms with Crippen molar-refractivity contribution in [2.75, 3.05) is 18.5 Å². The molecule has 5 nitrogen and oxygen atoms in total. The van der Waals surface area contributed by atoms with Crippen molar-refractivity contribution in [1.82, 2.24) is 4.57 Å². The number of hydrogen-bond acceptors (Lipinski definition) is 3. The molecule has 2 rings (SSSR count). The van der Waals surface area contributed by atoms with Gasteiger partial charge < -0.3 is 14.6 Å². The van der Waals surface area contributed by atoms with Crippen LogP contribution in [-0.2, 0) is 11.3 Å². The van der Waals surface area contributed by atoms with Gasteiger partial charge in [0.1, 0.15) is 0 Å². The summed E-state index contributed by atoms with van der Waals surface area (Å²) in [4.78, 5) is 24.4. The lowest BCUT2D eigenvalue weighted by Gasteiger charge is -2.19. The fourth-order valence-corrected chi connectivity index (χ4v) is 2.38. The molecule has 0 aliphatic rings. The molecule has 21 heavy (non-hydrogen) atoms. The zero-order chi connectivity index (χ0) is 15.4. The van der Waals surface area contributed by atoms with Crippen LogP contribution in [0.15, 0.2) is 35.1 Å². The molecule has 0 bridgehead atoms. The van der Waals surface area contributed by atoms with Gasteiger partial charge in [-0.05, 0) is 30.7 Å². The molecular formula is C16H20N2O3. The summed E-state index contributed by atoms with van der Waals surface area (Å²) in [5.74, 6) is -0.806. The van der Waals surface area contributed by atoms with Crippen LogP contribution in [0.1, 0.15) is 19.8 Å². The smallest absolute Gasteiger partial charge is 0.305 e. The van der Waals surface area contributed by atoms with Crippen LogP contribution >= 0.6 is 0 Å². The molecule has 2 aromatic rings. The third-order valence-electron chi connectivity index (χ3n) is 3.52. The number of fused-ring (bicyclic) bond motifs is 1. The fourth-order valence-electron chi connectivity index (χ4n) is 2.38. The molecule has 1 aromatic heterocycles. The van der Waals surface area contributed by atoms with E-state index < -0.39 is 5.97 Å². The molecule has 5 heteroatoms. The van der Waals surface area contributed by atoms with Gasteiger partial charge in [-0.2, -0.15) is 0 Å². The van der Waals surface area contributed by atoms with Crippen LogP contribution in [0.4, 0.5) is 5.69 Å². The molecule has 0 amide bonds. The van der Waals surface area contributed by atoms with Crippen molar-refractivity contribution in [3.63, 3.8) is 0 Å². The lowest BCUT2D eigenvalue weighted by Crippen LogP contribution is -2.22. The highest BCUT2D eigenvalue weighted by Crippen LogP contribution is 2.20. The Morgan fingerprint density at radius 3 is 2.71 bits per heavy atom. The molecule has 0 saturated carbocycles. The minimum Gasteiger partial charge on any atom is -0.481 e. The number of aryl methyl sites for hydroxylation is 1. The fraction of sp³-hybridized carbons (Fsp3) is 0.375. The highest BCUT2D eigenvalue weighted by Gasteiger charge is 2.07. The topological polar surface area (TPSA) is 62.5 Å². The van der Waals surface area contributed by atoms with Crippen molar-refractivity contribution in [2.24, 2.45) is 0 Å². The van der Waals surface area contributed by atoms with Crippen LogP contribution in [0.3, 0.4) is 0 Å². The van der Waals surface area contributed by atoms with E-state index in [1.54, 1.807) is 10.6 Å². The Kier molecular flexibility index (Phi) is 4.62. The Labute approximate surface area is 123 Å². The van der Waals surface area contributed by atoms with E-state index >= 15 is 0 Å². The van der Waals surface area contributed by atoms with Crippen LogP contribution < -0.4 is 10.5 Å². The van der Waals surface area contributed by atoms with Crippen LogP contribution in [0.5, 0.6) is 0 Å². The average molecular weight is 288 g/mol. The number of carboxylic acid groups (broad SMARTS) is 1. The third-order valence-corrected chi connectivity index (χ3v) is 3.52. The van der Waals surface area contributed by atoms with E-state index in [-0.39, 0.29) is 12.0 Å². The summed E-state index contributed by atoms with van der Waals surface area (Å²) in [6, 6.07) is 9.24. The second-order valence-electron chi connectivity index (χ2n) is 5.13. The van der Waals surface area contributed by atoms with E-state index in [2.05, 4.69) is 0 Å². The number of rotatable bonds is 6. The number of carboxylic acids is 1. The number of aromatic nitrogens is 1. The SMILES string of the molecule is CCCn1c(=O)ccc2cc(N(C)CCC(=O)O)ccc21. The van der Waals surface area contributed by atoms with E-state index in [0.717, 1.165) is 23.0 Å². The van der Waals surface area contributed by atoms with Gasteiger partial charge in [-0.15, -0.1) is 0 Å². The molecule has 0 unspecified atom stereocenters. The molecule has 0 aliphatic heterocycles. The monoisotopic (exact) mass is 288 g/mol. The molecule has 1 heterocycles. The van der Waals surface area contributed by atoms with Gasteiger partial charge in [-0.25, -0.2) is 0 Å². The van der Waals surface area contributed by atoms with E-state index in [9.17, 15) is 9.59 Å². The van der Waals surface area contributed by atoms with E-state index in [4.69, 9.17) is 5.11 Å². The van der Waals surface area contributed by atoms with Gasteiger partial charge in [0.15, 0.2) is 0 Å². The summed E-state index contributed by atoms with van der Waals surface area (Å²) >= 11 is 0. The van der Waals surface area contributed by atoms with Gasteiger partial charge in [-0.1, -0.05) is 6.92 Å². The summed E-state index contributed by atoms with van der Waals surface area (Å²) in [6.45, 7) is 3.19. The molecule has 1 N–H and O–H groups in total. The molecule has 1 aromatic carbocycles. The standard InChI is InChI=1S/C16H20N2O3/c1-3-9-18-14-6-5-13(17(2)10-8-16(20)21)11-12(14)4-7-15(18)19/h4-7,11H,3,8-10H2,1-2H3,(H,20,21). The van der Waals surface area contributed by atoms with Gasteiger partial charge in [0.2, 0.25) is 0 Å². The highest BCUT2D eigenvalue weighted by molar-refractivity contribution is 5.83. The summed E-state index contributed by atoms with van der Waals surface area (Å²) in [6.07, 6.45) is 1.00. The molecule has 0 radical (unpaired) electrons. The molecule has 0 atom stereocenters. The van der Waals surface area contributed by atoms with Crippen LogP contribution in [-0.4, -0.2) is 29.2 Å². The predicted molar refractivity (Wildman–Crippen MR) is 84.0 cm³/mol. The first-order valence-corrected chi connectivity index (χ1v) is 7.09. The Balaban J connectivity index is 2.36. The Morgan fingerprint density at radius 2 is 2.05 bits per heavy atom. The summed E-state index contributed by atoms with van der Waals surface area (Å²) in [5, 5.41) is 9.73. The van der Waals surface area contributed by atoms with Gasteiger partial charge in [0.05, 0.1) is 11.9 Å². The molecule has 0 saturated heterocycles. The second kappa shape index (κ2) is 6.43. The number of pyridine rings is 1. The Hall–Kier alpha value is -2.30. The first kappa shape index (κ1) is 15.1. The number of aliphatic carboxylic acids is 1. The highest BCUT2D eigenvalue weighted by atomic mass is 16.4. The van der Waals surface area contributed by atoms with Crippen LogP contribution in [0.2, 0.25) is 0 Å².